The van der Waals surface area contributed by atoms with E-state index in [4.69, 9.17) is 4.74 Å². The second-order valence-electron chi connectivity index (χ2n) is 5.90. The number of nitrogens with zero attached hydrogens (tertiary/aromatic N) is 1. The van der Waals surface area contributed by atoms with E-state index >= 15 is 0 Å². The summed E-state index contributed by atoms with van der Waals surface area (Å²) in [7, 11) is 0. The summed E-state index contributed by atoms with van der Waals surface area (Å²) in [6.07, 6.45) is 2.33. The summed E-state index contributed by atoms with van der Waals surface area (Å²) < 4.78 is 33.0. The first-order valence-corrected chi connectivity index (χ1v) is 7.72. The van der Waals surface area contributed by atoms with Crippen LogP contribution in [0.25, 0.3) is 0 Å². The van der Waals surface area contributed by atoms with E-state index in [2.05, 4.69) is 10.2 Å². The Hall–Kier alpha value is -1.04. The van der Waals surface area contributed by atoms with E-state index in [9.17, 15) is 8.78 Å². The van der Waals surface area contributed by atoms with Crippen LogP contribution in [0.3, 0.4) is 0 Å². The number of fused-ring (bicyclic) bond motifs is 1. The van der Waals surface area contributed by atoms with Crippen LogP contribution in [0, 0.1) is 11.6 Å². The minimum atomic E-state index is -0.539. The van der Waals surface area contributed by atoms with Crippen LogP contribution in [0.1, 0.15) is 31.4 Å². The highest BCUT2D eigenvalue weighted by Gasteiger charge is 2.36. The van der Waals surface area contributed by atoms with Crippen LogP contribution >= 0.6 is 0 Å². The molecular formula is C16H22F2N2O. The number of likely N-dealkylation sites (N-methyl/N-ethyl adjacent to an activating group) is 1. The van der Waals surface area contributed by atoms with Gasteiger partial charge in [0.05, 0.1) is 18.8 Å². The number of halogens is 2. The molecule has 1 aromatic carbocycles. The van der Waals surface area contributed by atoms with E-state index < -0.39 is 11.6 Å². The largest absolute Gasteiger partial charge is 0.373 e. The third-order valence-electron chi connectivity index (χ3n) is 4.46. The zero-order valence-corrected chi connectivity index (χ0v) is 12.3. The van der Waals surface area contributed by atoms with Gasteiger partial charge in [-0.2, -0.15) is 0 Å². The maximum absolute atomic E-state index is 13.5. The molecule has 3 atom stereocenters. The molecule has 5 heteroatoms. The molecule has 0 radical (unpaired) electrons. The number of hydrogen-bond acceptors (Lipinski definition) is 3. The molecule has 1 N–H and O–H groups in total. The van der Waals surface area contributed by atoms with Gasteiger partial charge in [-0.25, -0.2) is 8.78 Å². The Labute approximate surface area is 124 Å². The van der Waals surface area contributed by atoms with Crippen molar-refractivity contribution in [3.05, 3.63) is 35.4 Å². The third kappa shape index (κ3) is 3.25. The second kappa shape index (κ2) is 6.38. The molecule has 2 aliphatic heterocycles. The minimum absolute atomic E-state index is 0.0690. The van der Waals surface area contributed by atoms with Crippen LogP contribution in [0.2, 0.25) is 0 Å². The summed E-state index contributed by atoms with van der Waals surface area (Å²) in [4.78, 5) is 2.44. The van der Waals surface area contributed by atoms with Gasteiger partial charge in [0.25, 0.3) is 0 Å². The zero-order chi connectivity index (χ0) is 14.8. The standard InChI is InChI=1S/C16H22F2N2O/c1-2-19-16(11-6-12(17)8-13(18)7-11)15-9-20-5-3-4-14(20)10-21-15/h6-8,14-16,19H,2-5,9-10H2,1H3. The summed E-state index contributed by atoms with van der Waals surface area (Å²) in [6.45, 7) is 5.35. The lowest BCUT2D eigenvalue weighted by atomic mass is 9.99. The number of benzene rings is 1. The molecule has 2 aliphatic rings. The number of nitrogens with one attached hydrogen (secondary N) is 1. The Morgan fingerprint density at radius 2 is 2.10 bits per heavy atom. The molecular weight excluding hydrogens is 274 g/mol. The van der Waals surface area contributed by atoms with Gasteiger partial charge in [-0.3, -0.25) is 4.90 Å². The van der Waals surface area contributed by atoms with E-state index in [0.29, 0.717) is 18.2 Å². The van der Waals surface area contributed by atoms with E-state index in [1.807, 2.05) is 6.92 Å². The Balaban J connectivity index is 1.80. The topological polar surface area (TPSA) is 24.5 Å². The van der Waals surface area contributed by atoms with Gasteiger partial charge in [-0.1, -0.05) is 6.92 Å². The van der Waals surface area contributed by atoms with Crippen molar-refractivity contribution in [3.8, 4) is 0 Å². The van der Waals surface area contributed by atoms with Crippen LogP contribution in [0.15, 0.2) is 18.2 Å². The lowest BCUT2D eigenvalue weighted by Gasteiger charge is -2.39. The predicted octanol–water partition coefficient (Wildman–Crippen LogP) is 2.48. The highest BCUT2D eigenvalue weighted by atomic mass is 19.1. The van der Waals surface area contributed by atoms with E-state index in [0.717, 1.165) is 25.7 Å². The van der Waals surface area contributed by atoms with Gasteiger partial charge in [0.2, 0.25) is 0 Å². The lowest BCUT2D eigenvalue weighted by Crippen LogP contribution is -2.50. The minimum Gasteiger partial charge on any atom is -0.373 e. The SMILES string of the molecule is CCNC(c1cc(F)cc(F)c1)C1CN2CCCC2CO1. The van der Waals surface area contributed by atoms with Gasteiger partial charge in [0.15, 0.2) is 0 Å². The van der Waals surface area contributed by atoms with Crippen molar-refractivity contribution in [1.29, 1.82) is 0 Å². The molecule has 21 heavy (non-hydrogen) atoms. The number of rotatable bonds is 4. The average molecular weight is 296 g/mol. The van der Waals surface area contributed by atoms with Crippen molar-refractivity contribution >= 4 is 0 Å². The first-order chi connectivity index (χ1) is 10.2. The van der Waals surface area contributed by atoms with Gasteiger partial charge in [0, 0.05) is 18.7 Å². The second-order valence-corrected chi connectivity index (χ2v) is 5.90. The fourth-order valence-electron chi connectivity index (χ4n) is 3.48. The molecule has 0 saturated carbocycles. The predicted molar refractivity (Wildman–Crippen MR) is 77.1 cm³/mol. The summed E-state index contributed by atoms with van der Waals surface area (Å²) in [5.41, 5.74) is 0.622. The number of morpholine rings is 1. The molecule has 3 unspecified atom stereocenters. The normalized spacial score (nSPS) is 27.6. The third-order valence-corrected chi connectivity index (χ3v) is 4.46. The Kier molecular flexibility index (Phi) is 4.52. The van der Waals surface area contributed by atoms with Crippen molar-refractivity contribution in [3.63, 3.8) is 0 Å². The fraction of sp³-hybridized carbons (Fsp3) is 0.625. The molecule has 0 aromatic heterocycles. The summed E-state index contributed by atoms with van der Waals surface area (Å²) in [6, 6.07) is 4.05. The zero-order valence-electron chi connectivity index (χ0n) is 12.3. The van der Waals surface area contributed by atoms with Gasteiger partial charge >= 0.3 is 0 Å². The van der Waals surface area contributed by atoms with Crippen LogP contribution in [0.4, 0.5) is 8.78 Å². The van der Waals surface area contributed by atoms with Crippen molar-refractivity contribution < 1.29 is 13.5 Å². The van der Waals surface area contributed by atoms with Gasteiger partial charge in [-0.05, 0) is 43.6 Å². The fourth-order valence-corrected chi connectivity index (χ4v) is 3.48. The summed E-state index contributed by atoms with van der Waals surface area (Å²) >= 11 is 0. The van der Waals surface area contributed by atoms with E-state index in [1.165, 1.54) is 25.0 Å². The molecule has 0 amide bonds. The molecule has 2 saturated heterocycles. The quantitative estimate of drug-likeness (QED) is 0.924. The molecule has 0 aliphatic carbocycles. The van der Waals surface area contributed by atoms with Crippen molar-refractivity contribution in [2.75, 3.05) is 26.2 Å². The van der Waals surface area contributed by atoms with Crippen LogP contribution < -0.4 is 5.32 Å². The first-order valence-electron chi connectivity index (χ1n) is 7.72. The van der Waals surface area contributed by atoms with Gasteiger partial charge < -0.3 is 10.1 Å². The maximum Gasteiger partial charge on any atom is 0.126 e. The Bertz CT molecular complexity index is 477. The highest BCUT2D eigenvalue weighted by molar-refractivity contribution is 5.23. The lowest BCUT2D eigenvalue weighted by molar-refractivity contribution is -0.0651. The van der Waals surface area contributed by atoms with E-state index in [1.54, 1.807) is 0 Å². The molecule has 2 fully saturated rings. The first kappa shape index (κ1) is 14.9. The summed E-state index contributed by atoms with van der Waals surface area (Å²) in [5, 5.41) is 3.32. The molecule has 3 nitrogen and oxygen atoms in total. The smallest absolute Gasteiger partial charge is 0.126 e. The molecule has 0 spiro atoms. The molecule has 0 bridgehead atoms. The Morgan fingerprint density at radius 1 is 1.33 bits per heavy atom. The molecule has 3 rings (SSSR count). The monoisotopic (exact) mass is 296 g/mol. The maximum atomic E-state index is 13.5. The van der Waals surface area contributed by atoms with Crippen LogP contribution in [-0.4, -0.2) is 43.3 Å². The van der Waals surface area contributed by atoms with E-state index in [-0.39, 0.29) is 12.1 Å². The number of ether oxygens (including phenoxy) is 1. The van der Waals surface area contributed by atoms with Gasteiger partial charge in [-0.15, -0.1) is 0 Å². The van der Waals surface area contributed by atoms with Crippen LogP contribution in [-0.2, 0) is 4.74 Å². The average Bonchev–Trinajstić information content (AvgIpc) is 2.91. The van der Waals surface area contributed by atoms with Crippen molar-refractivity contribution in [2.45, 2.75) is 38.0 Å². The van der Waals surface area contributed by atoms with Crippen LogP contribution in [0.5, 0.6) is 0 Å². The van der Waals surface area contributed by atoms with Crippen molar-refractivity contribution in [1.82, 2.24) is 10.2 Å². The van der Waals surface area contributed by atoms with Gasteiger partial charge in [0.1, 0.15) is 11.6 Å². The molecule has 2 heterocycles. The number of hydrogen-bond donors (Lipinski definition) is 1. The molecule has 116 valence electrons. The van der Waals surface area contributed by atoms with Crippen molar-refractivity contribution in [2.24, 2.45) is 0 Å². The summed E-state index contributed by atoms with van der Waals surface area (Å²) in [5.74, 6) is -1.08. The molecule has 1 aromatic rings. The Morgan fingerprint density at radius 3 is 2.81 bits per heavy atom. The highest BCUT2D eigenvalue weighted by Crippen LogP contribution is 2.29.